The first kappa shape index (κ1) is 11.8. The molecule has 4 nitrogen and oxygen atoms in total. The number of thiol groups is 1. The zero-order valence-corrected chi connectivity index (χ0v) is 8.74. The molecular formula is C9H10FNO3S. The molecule has 0 radical (unpaired) electrons. The second-order valence-corrected chi connectivity index (χ2v) is 3.24. The number of benzene rings is 1. The van der Waals surface area contributed by atoms with E-state index in [0.717, 1.165) is 18.2 Å². The Morgan fingerprint density at radius 1 is 1.53 bits per heavy atom. The highest BCUT2D eigenvalue weighted by Gasteiger charge is 2.15. The van der Waals surface area contributed by atoms with E-state index in [2.05, 4.69) is 12.6 Å². The number of hydrogen-bond donors (Lipinski definition) is 1. The van der Waals surface area contributed by atoms with Crippen LogP contribution in [0.25, 0.3) is 0 Å². The SMILES string of the molecule is O=[N+]([O-])c1ccc(F)cc1OCCCS. The number of rotatable bonds is 5. The van der Waals surface area contributed by atoms with Crippen LogP contribution in [0.4, 0.5) is 10.1 Å². The summed E-state index contributed by atoms with van der Waals surface area (Å²) in [6.45, 7) is 0.286. The van der Waals surface area contributed by atoms with E-state index in [0.29, 0.717) is 12.2 Å². The molecule has 6 heteroatoms. The summed E-state index contributed by atoms with van der Waals surface area (Å²) in [5.74, 6) is 0.0200. The van der Waals surface area contributed by atoms with Crippen molar-refractivity contribution in [3.63, 3.8) is 0 Å². The fraction of sp³-hybridized carbons (Fsp3) is 0.333. The highest BCUT2D eigenvalue weighted by atomic mass is 32.1. The predicted molar refractivity (Wildman–Crippen MR) is 57.0 cm³/mol. The van der Waals surface area contributed by atoms with Gasteiger partial charge in [-0.05, 0) is 18.2 Å². The maximum Gasteiger partial charge on any atom is 0.311 e. The fourth-order valence-electron chi connectivity index (χ4n) is 1.00. The van der Waals surface area contributed by atoms with Gasteiger partial charge in [-0.3, -0.25) is 10.1 Å². The van der Waals surface area contributed by atoms with Crippen LogP contribution in [0.1, 0.15) is 6.42 Å². The van der Waals surface area contributed by atoms with Crippen LogP contribution in [0.2, 0.25) is 0 Å². The van der Waals surface area contributed by atoms with Gasteiger partial charge in [0.25, 0.3) is 0 Å². The fourth-order valence-corrected chi connectivity index (χ4v) is 1.13. The van der Waals surface area contributed by atoms with Gasteiger partial charge in [0.15, 0.2) is 5.75 Å². The second-order valence-electron chi connectivity index (χ2n) is 2.79. The van der Waals surface area contributed by atoms with Crippen molar-refractivity contribution in [2.24, 2.45) is 0 Å². The lowest BCUT2D eigenvalue weighted by atomic mass is 10.3. The van der Waals surface area contributed by atoms with Gasteiger partial charge in [-0.2, -0.15) is 12.6 Å². The van der Waals surface area contributed by atoms with E-state index in [1.165, 1.54) is 0 Å². The van der Waals surface area contributed by atoms with Crippen LogP contribution >= 0.6 is 12.6 Å². The van der Waals surface area contributed by atoms with Gasteiger partial charge in [0.1, 0.15) is 5.82 Å². The van der Waals surface area contributed by atoms with Crippen molar-refractivity contribution in [3.05, 3.63) is 34.1 Å². The van der Waals surface area contributed by atoms with Crippen LogP contribution in [0.5, 0.6) is 5.75 Å². The van der Waals surface area contributed by atoms with Gasteiger partial charge in [-0.15, -0.1) is 0 Å². The van der Waals surface area contributed by atoms with Crippen molar-refractivity contribution < 1.29 is 14.1 Å². The van der Waals surface area contributed by atoms with Crippen molar-refractivity contribution in [2.75, 3.05) is 12.4 Å². The van der Waals surface area contributed by atoms with Crippen molar-refractivity contribution in [2.45, 2.75) is 6.42 Å². The summed E-state index contributed by atoms with van der Waals surface area (Å²) in [5.41, 5.74) is -0.226. The Kier molecular flexibility index (Phi) is 4.36. The second kappa shape index (κ2) is 5.55. The summed E-state index contributed by atoms with van der Waals surface area (Å²) < 4.78 is 17.9. The molecule has 0 aliphatic heterocycles. The number of nitrogens with zero attached hydrogens (tertiary/aromatic N) is 1. The summed E-state index contributed by atoms with van der Waals surface area (Å²) in [5, 5.41) is 10.6. The maximum atomic E-state index is 12.8. The molecule has 0 aromatic heterocycles. The molecule has 0 saturated carbocycles. The van der Waals surface area contributed by atoms with Gasteiger partial charge in [-0.25, -0.2) is 4.39 Å². The van der Waals surface area contributed by atoms with Crippen LogP contribution in [0, 0.1) is 15.9 Å². The first-order valence-electron chi connectivity index (χ1n) is 4.32. The van der Waals surface area contributed by atoms with Crippen LogP contribution in [-0.4, -0.2) is 17.3 Å². The van der Waals surface area contributed by atoms with E-state index in [9.17, 15) is 14.5 Å². The topological polar surface area (TPSA) is 52.4 Å². The van der Waals surface area contributed by atoms with Crippen molar-refractivity contribution >= 4 is 18.3 Å². The molecule has 0 bridgehead atoms. The summed E-state index contributed by atoms with van der Waals surface area (Å²) in [6.07, 6.45) is 0.650. The van der Waals surface area contributed by atoms with Crippen LogP contribution in [-0.2, 0) is 0 Å². The molecule has 1 aromatic carbocycles. The van der Waals surface area contributed by atoms with Gasteiger partial charge < -0.3 is 4.74 Å². The molecule has 0 aliphatic carbocycles. The van der Waals surface area contributed by atoms with Gasteiger partial charge in [0.2, 0.25) is 0 Å². The lowest BCUT2D eigenvalue weighted by Gasteiger charge is -2.05. The summed E-state index contributed by atoms with van der Waals surface area (Å²) in [6, 6.07) is 3.13. The Morgan fingerprint density at radius 3 is 2.87 bits per heavy atom. The van der Waals surface area contributed by atoms with Crippen molar-refractivity contribution in [1.82, 2.24) is 0 Å². The molecule has 0 saturated heterocycles. The zero-order valence-electron chi connectivity index (χ0n) is 7.85. The van der Waals surface area contributed by atoms with E-state index in [1.807, 2.05) is 0 Å². The zero-order chi connectivity index (χ0) is 11.3. The van der Waals surface area contributed by atoms with Crippen LogP contribution in [0.15, 0.2) is 18.2 Å². The van der Waals surface area contributed by atoms with Crippen molar-refractivity contribution in [3.8, 4) is 5.75 Å². The molecule has 0 N–H and O–H groups in total. The molecule has 15 heavy (non-hydrogen) atoms. The van der Waals surface area contributed by atoms with Gasteiger partial charge in [0.05, 0.1) is 11.5 Å². The largest absolute Gasteiger partial charge is 0.487 e. The predicted octanol–water partition coefficient (Wildman–Crippen LogP) is 2.43. The smallest absolute Gasteiger partial charge is 0.311 e. The van der Waals surface area contributed by atoms with Gasteiger partial charge in [-0.1, -0.05) is 0 Å². The Hall–Kier alpha value is -1.30. The van der Waals surface area contributed by atoms with Crippen LogP contribution in [0.3, 0.4) is 0 Å². The summed E-state index contributed by atoms with van der Waals surface area (Å²) in [4.78, 5) is 9.95. The molecule has 0 spiro atoms. The lowest BCUT2D eigenvalue weighted by molar-refractivity contribution is -0.385. The monoisotopic (exact) mass is 231 g/mol. The first-order chi connectivity index (χ1) is 7.15. The minimum Gasteiger partial charge on any atom is -0.487 e. The summed E-state index contributed by atoms with van der Waals surface area (Å²) >= 11 is 3.97. The lowest BCUT2D eigenvalue weighted by Crippen LogP contribution is -2.01. The quantitative estimate of drug-likeness (QED) is 0.366. The van der Waals surface area contributed by atoms with Gasteiger partial charge in [0, 0.05) is 12.1 Å². The molecule has 0 atom stereocenters. The number of halogens is 1. The first-order valence-corrected chi connectivity index (χ1v) is 4.96. The van der Waals surface area contributed by atoms with Crippen molar-refractivity contribution in [1.29, 1.82) is 0 Å². The minimum absolute atomic E-state index is 0.0400. The third kappa shape index (κ3) is 3.39. The molecule has 1 rings (SSSR count). The number of ether oxygens (including phenoxy) is 1. The highest BCUT2D eigenvalue weighted by Crippen LogP contribution is 2.27. The standard InChI is InChI=1S/C9H10FNO3S/c10-7-2-3-8(11(12)13)9(6-7)14-4-1-5-15/h2-3,6,15H,1,4-5H2. The molecule has 0 heterocycles. The average Bonchev–Trinajstić information content (AvgIpc) is 2.18. The average molecular weight is 231 g/mol. The highest BCUT2D eigenvalue weighted by molar-refractivity contribution is 7.80. The Balaban J connectivity index is 2.82. The molecule has 0 unspecified atom stereocenters. The van der Waals surface area contributed by atoms with Crippen LogP contribution < -0.4 is 4.74 Å². The minimum atomic E-state index is -0.602. The summed E-state index contributed by atoms with van der Waals surface area (Å²) in [7, 11) is 0. The molecule has 82 valence electrons. The van der Waals surface area contributed by atoms with E-state index < -0.39 is 10.7 Å². The number of nitro benzene ring substituents is 1. The molecular weight excluding hydrogens is 221 g/mol. The molecule has 0 fully saturated rings. The third-order valence-electron chi connectivity index (χ3n) is 1.68. The van der Waals surface area contributed by atoms with E-state index in [1.54, 1.807) is 0 Å². The molecule has 0 aliphatic rings. The number of hydrogen-bond acceptors (Lipinski definition) is 4. The Morgan fingerprint density at radius 2 is 2.27 bits per heavy atom. The Labute approximate surface area is 91.6 Å². The third-order valence-corrected chi connectivity index (χ3v) is 1.99. The van der Waals surface area contributed by atoms with Gasteiger partial charge >= 0.3 is 5.69 Å². The molecule has 1 aromatic rings. The normalized spacial score (nSPS) is 10.0. The number of nitro groups is 1. The molecule has 0 amide bonds. The van der Waals surface area contributed by atoms with E-state index >= 15 is 0 Å². The Bertz CT molecular complexity index is 359. The maximum absolute atomic E-state index is 12.8. The van der Waals surface area contributed by atoms with E-state index in [4.69, 9.17) is 4.74 Å². The van der Waals surface area contributed by atoms with E-state index in [-0.39, 0.29) is 18.0 Å².